The number of carbonyl (C=O) groups excluding carboxylic acids is 2. The second kappa shape index (κ2) is 9.92. The highest BCUT2D eigenvalue weighted by Crippen LogP contribution is 2.35. The third-order valence-electron chi connectivity index (χ3n) is 5.07. The molecule has 1 unspecified atom stereocenters. The number of hydrogen-bond acceptors (Lipinski definition) is 7. The van der Waals surface area contributed by atoms with Gasteiger partial charge in [-0.15, -0.1) is 5.10 Å². The third-order valence-corrected chi connectivity index (χ3v) is 5.31. The summed E-state index contributed by atoms with van der Waals surface area (Å²) in [5, 5.41) is 13.5. The minimum Gasteiger partial charge on any atom is -0.495 e. The number of primary amides is 1. The first kappa shape index (κ1) is 24.5. The van der Waals surface area contributed by atoms with Crippen LogP contribution in [0.15, 0.2) is 59.8 Å². The zero-order chi connectivity index (χ0) is 26.0. The summed E-state index contributed by atoms with van der Waals surface area (Å²) in [6, 6.07) is 8.84. The van der Waals surface area contributed by atoms with Crippen LogP contribution in [0.3, 0.4) is 0 Å². The predicted octanol–water partition coefficient (Wildman–Crippen LogP) is 2.50. The number of rotatable bonds is 7. The number of tetrazole rings is 1. The number of methoxy groups -OCH3 is 1. The van der Waals surface area contributed by atoms with Gasteiger partial charge in [0.25, 0.3) is 23.7 Å². The molecule has 2 aromatic carbocycles. The van der Waals surface area contributed by atoms with Crippen LogP contribution in [0.2, 0.25) is 5.02 Å². The van der Waals surface area contributed by atoms with Crippen LogP contribution in [-0.4, -0.2) is 43.7 Å². The maximum Gasteiger partial charge on any atom is 0.280 e. The monoisotopic (exact) mass is 515 g/mol. The number of anilines is 1. The van der Waals surface area contributed by atoms with E-state index >= 15 is 4.39 Å². The molecule has 11 nitrogen and oxygen atoms in total. The fraction of sp³-hybridized carbons (Fsp3) is 0.0909. The molecule has 2 heterocycles. The van der Waals surface area contributed by atoms with E-state index in [0.717, 1.165) is 24.4 Å². The second-order valence-electron chi connectivity index (χ2n) is 7.30. The fourth-order valence-corrected chi connectivity index (χ4v) is 3.57. The number of hydrogen-bond donors (Lipinski definition) is 2. The molecular formula is C22H16ClF2N7O4. The van der Waals surface area contributed by atoms with Crippen molar-refractivity contribution in [3.63, 3.8) is 0 Å². The molecule has 0 aliphatic rings. The molecule has 4 aromatic rings. The van der Waals surface area contributed by atoms with Gasteiger partial charge in [0.15, 0.2) is 0 Å². The Bertz CT molecular complexity index is 1530. The summed E-state index contributed by atoms with van der Waals surface area (Å²) in [5.74, 6) is -3.23. The number of pyridine rings is 1. The van der Waals surface area contributed by atoms with Crippen molar-refractivity contribution in [2.24, 2.45) is 5.73 Å². The van der Waals surface area contributed by atoms with Gasteiger partial charge in [0.2, 0.25) is 0 Å². The smallest absolute Gasteiger partial charge is 0.280 e. The minimum atomic E-state index is -2.50. The zero-order valence-corrected chi connectivity index (χ0v) is 19.1. The van der Waals surface area contributed by atoms with Crippen molar-refractivity contribution in [2.75, 3.05) is 12.4 Å². The first-order valence-corrected chi connectivity index (χ1v) is 10.4. The van der Waals surface area contributed by atoms with Crippen molar-refractivity contribution in [3.05, 3.63) is 81.7 Å². The van der Waals surface area contributed by atoms with E-state index in [9.17, 15) is 18.8 Å². The van der Waals surface area contributed by atoms with Gasteiger partial charge in [-0.1, -0.05) is 11.6 Å². The molecule has 0 saturated heterocycles. The van der Waals surface area contributed by atoms with Crippen LogP contribution in [0.4, 0.5) is 14.5 Å². The molecule has 184 valence electrons. The summed E-state index contributed by atoms with van der Waals surface area (Å²) in [6.45, 7) is 0. The maximum atomic E-state index is 15.1. The first-order valence-electron chi connectivity index (χ1n) is 10.1. The molecule has 0 aliphatic heterocycles. The van der Waals surface area contributed by atoms with E-state index < -0.39 is 35.0 Å². The van der Waals surface area contributed by atoms with Crippen LogP contribution in [0.5, 0.6) is 5.75 Å². The van der Waals surface area contributed by atoms with Crippen molar-refractivity contribution in [3.8, 4) is 22.6 Å². The molecule has 4 rings (SSSR count). The Morgan fingerprint density at radius 2 is 1.94 bits per heavy atom. The van der Waals surface area contributed by atoms with Crippen molar-refractivity contribution in [1.82, 2.24) is 24.8 Å². The quantitative estimate of drug-likeness (QED) is 0.384. The number of aromatic nitrogens is 5. The Hall–Kier alpha value is -4.65. The number of amides is 2. The van der Waals surface area contributed by atoms with Crippen LogP contribution in [0, 0.1) is 5.82 Å². The van der Waals surface area contributed by atoms with Gasteiger partial charge in [-0.2, -0.15) is 4.68 Å². The van der Waals surface area contributed by atoms with Gasteiger partial charge in [0.1, 0.15) is 17.9 Å². The van der Waals surface area contributed by atoms with Crippen molar-refractivity contribution in [2.45, 2.75) is 6.30 Å². The summed E-state index contributed by atoms with van der Waals surface area (Å²) in [5.41, 5.74) is 4.71. The van der Waals surface area contributed by atoms with Crippen molar-refractivity contribution < 1.29 is 23.1 Å². The summed E-state index contributed by atoms with van der Waals surface area (Å²) in [7, 11) is 1.30. The van der Waals surface area contributed by atoms with E-state index in [-0.39, 0.29) is 17.0 Å². The number of alkyl halides is 1. The number of halogens is 3. The largest absolute Gasteiger partial charge is 0.495 e. The van der Waals surface area contributed by atoms with E-state index in [1.165, 1.54) is 24.2 Å². The van der Waals surface area contributed by atoms with Crippen LogP contribution in [0.1, 0.15) is 16.7 Å². The molecular weight excluding hydrogens is 500 g/mol. The molecule has 2 amide bonds. The average molecular weight is 516 g/mol. The van der Waals surface area contributed by atoms with E-state index in [0.29, 0.717) is 20.8 Å². The van der Waals surface area contributed by atoms with Gasteiger partial charge in [-0.3, -0.25) is 19.0 Å². The van der Waals surface area contributed by atoms with Gasteiger partial charge in [0, 0.05) is 27.9 Å². The predicted molar refractivity (Wildman–Crippen MR) is 124 cm³/mol. The SMILES string of the molecule is COc1cn(C(F)C(=O)Nc2ccc(C(N)=O)c(F)c2)c(=O)cc1-c1cc(Cl)ccc1-n1cnnn1. The molecule has 14 heteroatoms. The number of nitrogens with two attached hydrogens (primary N) is 1. The number of carbonyl (C=O) groups is 2. The van der Waals surface area contributed by atoms with Crippen molar-refractivity contribution >= 4 is 29.1 Å². The average Bonchev–Trinajstić information content (AvgIpc) is 3.38. The van der Waals surface area contributed by atoms with Gasteiger partial charge >= 0.3 is 0 Å². The summed E-state index contributed by atoms with van der Waals surface area (Å²) in [4.78, 5) is 36.4. The van der Waals surface area contributed by atoms with E-state index in [2.05, 4.69) is 20.8 Å². The Morgan fingerprint density at radius 3 is 2.58 bits per heavy atom. The van der Waals surface area contributed by atoms with Gasteiger partial charge in [0.05, 0.1) is 24.6 Å². The molecule has 0 spiro atoms. The number of nitrogens with zero attached hydrogens (tertiary/aromatic N) is 5. The highest BCUT2D eigenvalue weighted by atomic mass is 35.5. The lowest BCUT2D eigenvalue weighted by Gasteiger charge is -2.17. The Labute approximate surface area is 206 Å². The molecule has 0 fully saturated rings. The Kier molecular flexibility index (Phi) is 6.74. The highest BCUT2D eigenvalue weighted by molar-refractivity contribution is 6.31. The fourth-order valence-electron chi connectivity index (χ4n) is 3.40. The Balaban J connectivity index is 1.69. The zero-order valence-electron chi connectivity index (χ0n) is 18.4. The molecule has 1 atom stereocenters. The summed E-state index contributed by atoms with van der Waals surface area (Å²) < 4.78 is 36.2. The standard InChI is InChI=1S/C22H16ClF2N7O4/c1-36-18-9-31(20(25)22(35)28-12-3-4-13(21(26)34)16(24)7-12)19(33)8-15(18)14-6-11(23)2-5-17(14)32-10-27-29-30-32/h2-10,20H,1H3,(H2,26,34)(H,28,35). The normalized spacial score (nSPS) is 11.7. The molecule has 0 radical (unpaired) electrons. The number of ether oxygens (including phenoxy) is 1. The lowest BCUT2D eigenvalue weighted by Crippen LogP contribution is -2.30. The Morgan fingerprint density at radius 1 is 1.17 bits per heavy atom. The topological polar surface area (TPSA) is 147 Å². The maximum absolute atomic E-state index is 15.1. The molecule has 3 N–H and O–H groups in total. The molecule has 2 aromatic heterocycles. The first-order chi connectivity index (χ1) is 17.2. The lowest BCUT2D eigenvalue weighted by molar-refractivity contribution is -0.123. The van der Waals surface area contributed by atoms with Crippen LogP contribution in [0.25, 0.3) is 16.8 Å². The lowest BCUT2D eigenvalue weighted by atomic mass is 10.0. The highest BCUT2D eigenvalue weighted by Gasteiger charge is 2.24. The van der Waals surface area contributed by atoms with Gasteiger partial charge < -0.3 is 15.8 Å². The number of nitrogens with one attached hydrogen (secondary N) is 1. The molecule has 36 heavy (non-hydrogen) atoms. The summed E-state index contributed by atoms with van der Waals surface area (Å²) >= 11 is 6.15. The van der Waals surface area contributed by atoms with Gasteiger partial charge in [-0.05, 0) is 46.8 Å². The molecule has 0 saturated carbocycles. The van der Waals surface area contributed by atoms with Crippen LogP contribution >= 0.6 is 11.6 Å². The van der Waals surface area contributed by atoms with Crippen LogP contribution < -0.4 is 21.3 Å². The van der Waals surface area contributed by atoms with E-state index in [4.69, 9.17) is 22.1 Å². The van der Waals surface area contributed by atoms with Crippen molar-refractivity contribution in [1.29, 1.82) is 0 Å². The van der Waals surface area contributed by atoms with Crippen LogP contribution in [-0.2, 0) is 4.79 Å². The van der Waals surface area contributed by atoms with E-state index in [1.54, 1.807) is 18.2 Å². The second-order valence-corrected chi connectivity index (χ2v) is 7.74. The third kappa shape index (κ3) is 4.77. The molecule has 0 aliphatic carbocycles. The number of benzene rings is 2. The van der Waals surface area contributed by atoms with E-state index in [1.807, 2.05) is 0 Å². The minimum absolute atomic E-state index is 0.0403. The molecule has 0 bridgehead atoms. The van der Waals surface area contributed by atoms with Gasteiger partial charge in [-0.25, -0.2) is 8.78 Å². The summed E-state index contributed by atoms with van der Waals surface area (Å²) in [6.07, 6.45) is -0.151.